The highest BCUT2D eigenvalue weighted by molar-refractivity contribution is 7.98. The van der Waals surface area contributed by atoms with Crippen LogP contribution >= 0.6 is 11.8 Å². The fourth-order valence-electron chi connectivity index (χ4n) is 3.80. The molecule has 0 saturated heterocycles. The highest BCUT2D eigenvalue weighted by atomic mass is 32.2. The van der Waals surface area contributed by atoms with Gasteiger partial charge in [-0.2, -0.15) is 11.8 Å². The zero-order valence-corrected chi connectivity index (χ0v) is 25.7. The first-order valence-corrected chi connectivity index (χ1v) is 15.5. The van der Waals surface area contributed by atoms with Gasteiger partial charge in [0.1, 0.15) is 6.04 Å². The van der Waals surface area contributed by atoms with Gasteiger partial charge >= 0.3 is 0 Å². The zero-order valence-electron chi connectivity index (χ0n) is 24.8. The Morgan fingerprint density at radius 3 is 2.15 bits per heavy atom. The van der Waals surface area contributed by atoms with Crippen molar-refractivity contribution in [3.63, 3.8) is 0 Å². The molecule has 0 unspecified atom stereocenters. The average Bonchev–Trinajstić information content (AvgIpc) is 2.91. The number of hydrogen-bond acceptors (Lipinski definition) is 8. The molecule has 0 bridgehead atoms. The molecule has 8 N–H and O–H groups in total. The summed E-state index contributed by atoms with van der Waals surface area (Å²) in [4.78, 5) is 67.1. The summed E-state index contributed by atoms with van der Waals surface area (Å²) in [6.07, 6.45) is 5.02. The third-order valence-electron chi connectivity index (χ3n) is 6.16. The molecule has 0 aliphatic carbocycles. The molecule has 13 heteroatoms. The minimum absolute atomic E-state index is 0.0609. The van der Waals surface area contributed by atoms with Gasteiger partial charge < -0.3 is 32.7 Å². The van der Waals surface area contributed by atoms with Crippen LogP contribution < -0.4 is 32.7 Å². The summed E-state index contributed by atoms with van der Waals surface area (Å²) in [5, 5.41) is 11.5. The molecule has 3 amide bonds. The Labute approximate surface area is 243 Å². The van der Waals surface area contributed by atoms with Crippen molar-refractivity contribution in [2.45, 2.75) is 97.2 Å². The summed E-state index contributed by atoms with van der Waals surface area (Å²) in [5.74, 6) is -1.95. The molecule has 230 valence electrons. The van der Waals surface area contributed by atoms with Crippen molar-refractivity contribution in [2.75, 3.05) is 31.6 Å². The maximum Gasteiger partial charge on any atom is 0.243 e. The Balaban J connectivity index is 5.46. The molecule has 40 heavy (non-hydrogen) atoms. The van der Waals surface area contributed by atoms with Gasteiger partial charge in [-0.05, 0) is 44.9 Å². The van der Waals surface area contributed by atoms with E-state index < -0.39 is 29.8 Å². The second kappa shape index (κ2) is 22.1. The predicted molar refractivity (Wildman–Crippen MR) is 161 cm³/mol. The van der Waals surface area contributed by atoms with E-state index in [4.69, 9.17) is 11.5 Å². The van der Waals surface area contributed by atoms with Crippen LogP contribution in [0.25, 0.3) is 0 Å². The van der Waals surface area contributed by atoms with E-state index in [9.17, 15) is 24.0 Å². The van der Waals surface area contributed by atoms with Gasteiger partial charge in [0.25, 0.3) is 0 Å². The summed E-state index contributed by atoms with van der Waals surface area (Å²) in [6, 6.07) is -1.24. The van der Waals surface area contributed by atoms with Crippen molar-refractivity contribution in [1.29, 1.82) is 0 Å². The lowest BCUT2D eigenvalue weighted by molar-refractivity contribution is -0.133. The van der Waals surface area contributed by atoms with Gasteiger partial charge in [0, 0.05) is 43.5 Å². The second-order valence-corrected chi connectivity index (χ2v) is 10.9. The number of carbonyl (C=O) groups is 5. The number of unbranched alkanes of at least 4 members (excludes halogenated alkanes) is 1. The van der Waals surface area contributed by atoms with Crippen LogP contribution in [0.2, 0.25) is 0 Å². The monoisotopic (exact) mass is 585 g/mol. The quantitative estimate of drug-likeness (QED) is 0.0565. The van der Waals surface area contributed by atoms with Crippen LogP contribution in [0.4, 0.5) is 0 Å². The largest absolute Gasteiger partial charge is 0.370 e. The topological polar surface area (TPSA) is 198 Å². The Kier molecular flexibility index (Phi) is 20.6. The molecule has 0 aromatic rings. The van der Waals surface area contributed by atoms with E-state index in [-0.39, 0.29) is 42.8 Å². The molecule has 0 aromatic heterocycles. The zero-order chi connectivity index (χ0) is 30.5. The highest BCUT2D eigenvalue weighted by Crippen LogP contribution is 2.16. The molecule has 0 aromatic carbocycles. The number of rotatable bonds is 23. The van der Waals surface area contributed by atoms with Crippen molar-refractivity contribution in [3.8, 4) is 0 Å². The van der Waals surface area contributed by atoms with Gasteiger partial charge in [-0.25, -0.2) is 0 Å². The van der Waals surface area contributed by atoms with E-state index in [1.54, 1.807) is 13.8 Å². The van der Waals surface area contributed by atoms with E-state index in [0.29, 0.717) is 44.0 Å². The summed E-state index contributed by atoms with van der Waals surface area (Å²) < 4.78 is 0. The molecule has 0 radical (unpaired) electrons. The number of amides is 3. The normalized spacial score (nSPS) is 13.2. The van der Waals surface area contributed by atoms with Crippen LogP contribution in [0.5, 0.6) is 0 Å². The maximum atomic E-state index is 13.3. The molecule has 0 heterocycles. The second-order valence-electron chi connectivity index (χ2n) is 10.0. The lowest BCUT2D eigenvalue weighted by Gasteiger charge is -2.24. The van der Waals surface area contributed by atoms with Gasteiger partial charge in [-0.15, -0.1) is 0 Å². The Bertz CT molecular complexity index is 834. The SMILES string of the molecule is CCC(=O)CNC(=O)[C@H](CCCN=C(N)N)CC(=O)[C@H](CSC)NC(=O)[C@H](CCCCNC(C)C)NC(=O)CC. The molecule has 3 atom stereocenters. The number of carbonyl (C=O) groups excluding carboxylic acids is 5. The Morgan fingerprint density at radius 1 is 0.875 bits per heavy atom. The summed E-state index contributed by atoms with van der Waals surface area (Å²) in [7, 11) is 0. The Hall–Kier alpha value is -2.67. The minimum Gasteiger partial charge on any atom is -0.370 e. The molecular formula is C27H51N7O5S. The van der Waals surface area contributed by atoms with Crippen molar-refractivity contribution in [2.24, 2.45) is 22.4 Å². The molecule has 0 aliphatic rings. The number of nitrogens with one attached hydrogen (secondary N) is 4. The molecule has 0 fully saturated rings. The number of Topliss-reactive ketones (excluding diaryl/α,β-unsaturated/α-hetero) is 2. The first-order chi connectivity index (χ1) is 18.9. The third kappa shape index (κ3) is 17.8. The fraction of sp³-hybridized carbons (Fsp3) is 0.778. The van der Waals surface area contributed by atoms with Crippen molar-refractivity contribution in [3.05, 3.63) is 0 Å². The lowest BCUT2D eigenvalue weighted by atomic mass is 9.93. The standard InChI is InChI=1S/C27H51N7O5S/c1-6-20(35)16-32-25(38)19(11-10-14-31-27(28)29)15-23(36)22(17-40-5)34-26(39)21(33-24(37)7-2)12-8-9-13-30-18(3)4/h18-19,21-22,30H,6-17H2,1-5H3,(H,32,38)(H,33,37)(H,34,39)(H4,28,29,31)/t19-,21+,22+/m1/s1. The van der Waals surface area contributed by atoms with Crippen molar-refractivity contribution in [1.82, 2.24) is 21.3 Å². The number of nitrogens with zero attached hydrogens (tertiary/aromatic N) is 1. The van der Waals surface area contributed by atoms with Crippen molar-refractivity contribution < 1.29 is 24.0 Å². The minimum atomic E-state index is -0.837. The van der Waals surface area contributed by atoms with E-state index in [1.165, 1.54) is 11.8 Å². The first-order valence-electron chi connectivity index (χ1n) is 14.1. The smallest absolute Gasteiger partial charge is 0.243 e. The number of thioether (sulfide) groups is 1. The number of aliphatic imine (C=N–C) groups is 1. The van der Waals surface area contributed by atoms with E-state index in [0.717, 1.165) is 19.4 Å². The van der Waals surface area contributed by atoms with Crippen molar-refractivity contribution >= 4 is 47.0 Å². The van der Waals surface area contributed by atoms with Gasteiger partial charge in [0.05, 0.1) is 12.6 Å². The van der Waals surface area contributed by atoms with Gasteiger partial charge in [-0.3, -0.25) is 29.0 Å². The number of nitrogens with two attached hydrogens (primary N) is 2. The molecule has 0 spiro atoms. The fourth-order valence-corrected chi connectivity index (χ4v) is 4.40. The van der Waals surface area contributed by atoms with Gasteiger partial charge in [-0.1, -0.05) is 27.7 Å². The summed E-state index contributed by atoms with van der Waals surface area (Å²) in [6.45, 7) is 8.53. The highest BCUT2D eigenvalue weighted by Gasteiger charge is 2.29. The maximum absolute atomic E-state index is 13.3. The van der Waals surface area contributed by atoms with Crippen LogP contribution in [0.3, 0.4) is 0 Å². The van der Waals surface area contributed by atoms with E-state index in [1.807, 2.05) is 6.26 Å². The molecule has 0 aliphatic heterocycles. The summed E-state index contributed by atoms with van der Waals surface area (Å²) >= 11 is 1.39. The van der Waals surface area contributed by atoms with E-state index >= 15 is 0 Å². The van der Waals surface area contributed by atoms with Crippen LogP contribution in [-0.4, -0.2) is 85.0 Å². The molecular weight excluding hydrogens is 534 g/mol. The Morgan fingerprint density at radius 2 is 1.57 bits per heavy atom. The lowest BCUT2D eigenvalue weighted by Crippen LogP contribution is -2.52. The molecule has 12 nitrogen and oxygen atoms in total. The number of hydrogen-bond donors (Lipinski definition) is 6. The van der Waals surface area contributed by atoms with Gasteiger partial charge in [0.15, 0.2) is 17.5 Å². The van der Waals surface area contributed by atoms with Crippen LogP contribution in [0.15, 0.2) is 4.99 Å². The molecule has 0 rings (SSSR count). The number of ketones is 2. The van der Waals surface area contributed by atoms with Gasteiger partial charge in [0.2, 0.25) is 17.7 Å². The van der Waals surface area contributed by atoms with Crippen LogP contribution in [0.1, 0.15) is 79.1 Å². The average molecular weight is 586 g/mol. The van der Waals surface area contributed by atoms with E-state index in [2.05, 4.69) is 40.1 Å². The number of guanidine groups is 1. The third-order valence-corrected chi connectivity index (χ3v) is 6.83. The molecule has 0 saturated carbocycles. The summed E-state index contributed by atoms with van der Waals surface area (Å²) in [5.41, 5.74) is 10.7. The first kappa shape index (κ1) is 37.3. The van der Waals surface area contributed by atoms with Crippen LogP contribution in [-0.2, 0) is 24.0 Å². The van der Waals surface area contributed by atoms with Crippen LogP contribution in [0, 0.1) is 5.92 Å². The predicted octanol–water partition coefficient (Wildman–Crippen LogP) is 0.622.